The largest absolute Gasteiger partial charge is 0.349 e. The zero-order chi connectivity index (χ0) is 20.3. The van der Waals surface area contributed by atoms with Crippen LogP contribution in [-0.2, 0) is 0 Å². The Balaban J connectivity index is 1.31. The molecule has 2 aromatic heterocycles. The highest BCUT2D eigenvalue weighted by Crippen LogP contribution is 2.36. The lowest BCUT2D eigenvalue weighted by Gasteiger charge is -2.26. The summed E-state index contributed by atoms with van der Waals surface area (Å²) >= 11 is 0. The maximum Gasteiger partial charge on any atom is 0.153 e. The van der Waals surface area contributed by atoms with Gasteiger partial charge in [-0.3, -0.25) is 5.10 Å². The van der Waals surface area contributed by atoms with Gasteiger partial charge in [-0.2, -0.15) is 5.10 Å². The molecule has 2 saturated heterocycles. The fourth-order valence-electron chi connectivity index (χ4n) is 4.52. The molecule has 4 heterocycles. The molecule has 1 atom stereocenters. The molecule has 0 bridgehead atoms. The SMILES string of the molecule is Fc1ccc(C2CCCN2c2cc(Nc3cc(C4CCNCC4)[nH]n3)ncn2)cc1. The number of benzene rings is 1. The van der Waals surface area contributed by atoms with Crippen molar-refractivity contribution >= 4 is 17.5 Å². The lowest BCUT2D eigenvalue weighted by Crippen LogP contribution is -2.26. The summed E-state index contributed by atoms with van der Waals surface area (Å²) in [5.41, 5.74) is 2.28. The van der Waals surface area contributed by atoms with Crippen LogP contribution in [0.3, 0.4) is 0 Å². The van der Waals surface area contributed by atoms with Crippen molar-refractivity contribution in [2.45, 2.75) is 37.6 Å². The molecule has 2 aliphatic rings. The van der Waals surface area contributed by atoms with E-state index < -0.39 is 0 Å². The number of H-pyrrole nitrogens is 1. The third-order valence-electron chi connectivity index (χ3n) is 6.09. The summed E-state index contributed by atoms with van der Waals surface area (Å²) in [6, 6.07) is 11.0. The molecule has 30 heavy (non-hydrogen) atoms. The molecular weight excluding hydrogens is 381 g/mol. The Labute approximate surface area is 175 Å². The van der Waals surface area contributed by atoms with Crippen LogP contribution in [0, 0.1) is 5.82 Å². The second-order valence-corrected chi connectivity index (χ2v) is 8.02. The van der Waals surface area contributed by atoms with Crippen molar-refractivity contribution in [3.05, 3.63) is 59.8 Å². The average molecular weight is 407 g/mol. The van der Waals surface area contributed by atoms with Crippen molar-refractivity contribution in [2.24, 2.45) is 0 Å². The van der Waals surface area contributed by atoms with E-state index in [-0.39, 0.29) is 11.9 Å². The Morgan fingerprint density at radius 2 is 1.83 bits per heavy atom. The highest BCUT2D eigenvalue weighted by molar-refractivity contribution is 5.57. The van der Waals surface area contributed by atoms with Gasteiger partial charge >= 0.3 is 0 Å². The number of nitrogens with zero attached hydrogens (tertiary/aromatic N) is 4. The minimum atomic E-state index is -0.209. The van der Waals surface area contributed by atoms with E-state index in [0.29, 0.717) is 11.7 Å². The van der Waals surface area contributed by atoms with Gasteiger partial charge < -0.3 is 15.5 Å². The fraction of sp³-hybridized carbons (Fsp3) is 0.409. The number of rotatable bonds is 5. The van der Waals surface area contributed by atoms with Gasteiger partial charge in [-0.25, -0.2) is 14.4 Å². The smallest absolute Gasteiger partial charge is 0.153 e. The van der Waals surface area contributed by atoms with E-state index in [1.807, 2.05) is 18.2 Å². The van der Waals surface area contributed by atoms with Gasteiger partial charge in [0.1, 0.15) is 23.8 Å². The van der Waals surface area contributed by atoms with Crippen LogP contribution < -0.4 is 15.5 Å². The van der Waals surface area contributed by atoms with Gasteiger partial charge in [0, 0.05) is 30.3 Å². The molecule has 0 amide bonds. The minimum absolute atomic E-state index is 0.199. The maximum atomic E-state index is 13.3. The molecule has 0 saturated carbocycles. The van der Waals surface area contributed by atoms with Gasteiger partial charge in [-0.1, -0.05) is 12.1 Å². The summed E-state index contributed by atoms with van der Waals surface area (Å²) in [4.78, 5) is 11.1. The summed E-state index contributed by atoms with van der Waals surface area (Å²) in [6.07, 6.45) is 5.93. The minimum Gasteiger partial charge on any atom is -0.349 e. The third kappa shape index (κ3) is 4.00. The Morgan fingerprint density at radius 3 is 2.67 bits per heavy atom. The van der Waals surface area contributed by atoms with Crippen molar-refractivity contribution in [3.8, 4) is 0 Å². The van der Waals surface area contributed by atoms with Crippen molar-refractivity contribution in [1.82, 2.24) is 25.5 Å². The van der Waals surface area contributed by atoms with Crippen molar-refractivity contribution in [3.63, 3.8) is 0 Å². The third-order valence-corrected chi connectivity index (χ3v) is 6.09. The summed E-state index contributed by atoms with van der Waals surface area (Å²) in [5, 5.41) is 14.3. The van der Waals surface area contributed by atoms with E-state index in [0.717, 1.165) is 62.5 Å². The Hall–Kier alpha value is -3.00. The second kappa shape index (κ2) is 8.39. The predicted octanol–water partition coefficient (Wildman–Crippen LogP) is 3.89. The molecule has 7 nitrogen and oxygen atoms in total. The van der Waals surface area contributed by atoms with Gasteiger partial charge in [0.2, 0.25) is 0 Å². The second-order valence-electron chi connectivity index (χ2n) is 8.02. The predicted molar refractivity (Wildman–Crippen MR) is 114 cm³/mol. The van der Waals surface area contributed by atoms with E-state index in [2.05, 4.69) is 41.8 Å². The first-order chi connectivity index (χ1) is 14.8. The van der Waals surface area contributed by atoms with Gasteiger partial charge in [-0.05, 0) is 56.5 Å². The summed E-state index contributed by atoms with van der Waals surface area (Å²) in [6.45, 7) is 3.01. The first-order valence-corrected chi connectivity index (χ1v) is 10.6. The van der Waals surface area contributed by atoms with Crippen molar-refractivity contribution in [1.29, 1.82) is 0 Å². The Bertz CT molecular complexity index is 981. The molecule has 5 rings (SSSR count). The van der Waals surface area contributed by atoms with Gasteiger partial charge in [0.05, 0.1) is 6.04 Å². The molecule has 3 N–H and O–H groups in total. The summed E-state index contributed by atoms with van der Waals surface area (Å²) < 4.78 is 13.3. The molecule has 0 radical (unpaired) electrons. The number of aromatic amines is 1. The molecule has 0 spiro atoms. The van der Waals surface area contributed by atoms with Gasteiger partial charge in [0.15, 0.2) is 5.82 Å². The molecule has 2 aliphatic heterocycles. The van der Waals surface area contributed by atoms with Crippen LogP contribution in [0.25, 0.3) is 0 Å². The number of anilines is 3. The number of aromatic nitrogens is 4. The van der Waals surface area contributed by atoms with Crippen LogP contribution in [0.2, 0.25) is 0 Å². The van der Waals surface area contributed by atoms with E-state index in [1.165, 1.54) is 17.8 Å². The standard InChI is InChI=1S/C22H26FN7/c23-17-5-3-16(4-6-17)19-2-1-11-30(19)22-13-20(25-14-26-22)27-21-12-18(28-29-21)15-7-9-24-10-8-15/h3-6,12-15,19,24H,1-2,7-11H2,(H2,25,26,27,28,29). The quantitative estimate of drug-likeness (QED) is 0.595. The van der Waals surface area contributed by atoms with E-state index in [9.17, 15) is 4.39 Å². The number of halogens is 1. The molecule has 0 aliphatic carbocycles. The first kappa shape index (κ1) is 19.0. The molecule has 1 aromatic carbocycles. The van der Waals surface area contributed by atoms with Crippen LogP contribution in [0.15, 0.2) is 42.7 Å². The monoisotopic (exact) mass is 407 g/mol. The molecule has 156 valence electrons. The average Bonchev–Trinajstić information content (AvgIpc) is 3.45. The highest BCUT2D eigenvalue weighted by Gasteiger charge is 2.27. The summed E-state index contributed by atoms with van der Waals surface area (Å²) in [5.74, 6) is 2.67. The Kier molecular flexibility index (Phi) is 5.31. The molecule has 2 fully saturated rings. The van der Waals surface area contributed by atoms with Crippen LogP contribution in [0.5, 0.6) is 0 Å². The molecule has 8 heteroatoms. The van der Waals surface area contributed by atoms with E-state index in [4.69, 9.17) is 0 Å². The van der Waals surface area contributed by atoms with Crippen LogP contribution >= 0.6 is 0 Å². The number of hydrogen-bond acceptors (Lipinski definition) is 6. The topological polar surface area (TPSA) is 81.8 Å². The van der Waals surface area contributed by atoms with Crippen molar-refractivity contribution in [2.75, 3.05) is 29.9 Å². The van der Waals surface area contributed by atoms with Gasteiger partial charge in [0.25, 0.3) is 0 Å². The first-order valence-electron chi connectivity index (χ1n) is 10.6. The molecule has 3 aromatic rings. The molecular formula is C22H26FN7. The van der Waals surface area contributed by atoms with Gasteiger partial charge in [-0.15, -0.1) is 0 Å². The van der Waals surface area contributed by atoms with Crippen molar-refractivity contribution < 1.29 is 4.39 Å². The number of piperidine rings is 1. The lowest BCUT2D eigenvalue weighted by molar-refractivity contribution is 0.453. The normalized spacial score (nSPS) is 19.9. The van der Waals surface area contributed by atoms with Crippen LogP contribution in [0.4, 0.5) is 21.8 Å². The van der Waals surface area contributed by atoms with Crippen LogP contribution in [0.1, 0.15) is 48.9 Å². The fourth-order valence-corrected chi connectivity index (χ4v) is 4.52. The highest BCUT2D eigenvalue weighted by atomic mass is 19.1. The lowest BCUT2D eigenvalue weighted by atomic mass is 9.95. The Morgan fingerprint density at radius 1 is 1.00 bits per heavy atom. The number of nitrogens with one attached hydrogen (secondary N) is 3. The van der Waals surface area contributed by atoms with E-state index in [1.54, 1.807) is 6.33 Å². The zero-order valence-electron chi connectivity index (χ0n) is 16.8. The van der Waals surface area contributed by atoms with E-state index >= 15 is 0 Å². The molecule has 1 unspecified atom stereocenters. The maximum absolute atomic E-state index is 13.3. The number of hydrogen-bond donors (Lipinski definition) is 3. The summed E-state index contributed by atoms with van der Waals surface area (Å²) in [7, 11) is 0. The van der Waals surface area contributed by atoms with Crippen LogP contribution in [-0.4, -0.2) is 39.8 Å². The zero-order valence-corrected chi connectivity index (χ0v) is 16.8.